The molecular weight excluding hydrogens is 258 g/mol. The quantitative estimate of drug-likeness (QED) is 0.752. The SMILES string of the molecule is COc1cc(NC(=O)C2CNC(C)CN2)cc(OC)c1. The van der Waals surface area contributed by atoms with Crippen molar-refractivity contribution in [3.8, 4) is 11.5 Å². The van der Waals surface area contributed by atoms with E-state index in [9.17, 15) is 4.79 Å². The molecule has 3 N–H and O–H groups in total. The van der Waals surface area contributed by atoms with Gasteiger partial charge in [0.05, 0.1) is 20.3 Å². The Morgan fingerprint density at radius 3 is 2.30 bits per heavy atom. The van der Waals surface area contributed by atoms with Crippen LogP contribution in [0.25, 0.3) is 0 Å². The van der Waals surface area contributed by atoms with E-state index in [0.717, 1.165) is 6.54 Å². The Kier molecular flexibility index (Phi) is 4.81. The predicted octanol–water partition coefficient (Wildman–Crippen LogP) is 0.592. The van der Waals surface area contributed by atoms with Crippen LogP contribution in [0.15, 0.2) is 18.2 Å². The van der Waals surface area contributed by atoms with Crippen molar-refractivity contribution in [3.63, 3.8) is 0 Å². The molecule has 2 rings (SSSR count). The Labute approximate surface area is 118 Å². The molecule has 0 saturated carbocycles. The van der Waals surface area contributed by atoms with E-state index >= 15 is 0 Å². The third-order valence-electron chi connectivity index (χ3n) is 3.28. The standard InChI is InChI=1S/C14H21N3O3/c1-9-7-16-13(8-15-9)14(18)17-10-4-11(19-2)6-12(5-10)20-3/h4-6,9,13,15-16H,7-8H2,1-3H3,(H,17,18). The Morgan fingerprint density at radius 1 is 1.15 bits per heavy atom. The molecule has 1 aromatic rings. The van der Waals surface area contributed by atoms with E-state index < -0.39 is 0 Å². The lowest BCUT2D eigenvalue weighted by Crippen LogP contribution is -2.57. The molecule has 1 aliphatic rings. The highest BCUT2D eigenvalue weighted by molar-refractivity contribution is 5.95. The van der Waals surface area contributed by atoms with Crippen LogP contribution in [0.1, 0.15) is 6.92 Å². The molecule has 1 heterocycles. The normalized spacial score (nSPS) is 22.1. The Bertz CT molecular complexity index is 448. The summed E-state index contributed by atoms with van der Waals surface area (Å²) in [6.45, 7) is 3.47. The Hall–Kier alpha value is -1.79. The van der Waals surface area contributed by atoms with E-state index in [2.05, 4.69) is 22.9 Å². The maximum absolute atomic E-state index is 12.2. The van der Waals surface area contributed by atoms with Gasteiger partial charge in [0.2, 0.25) is 5.91 Å². The highest BCUT2D eigenvalue weighted by Crippen LogP contribution is 2.25. The van der Waals surface area contributed by atoms with E-state index in [1.165, 1.54) is 0 Å². The first-order valence-electron chi connectivity index (χ1n) is 6.63. The second kappa shape index (κ2) is 6.58. The lowest BCUT2D eigenvalue weighted by atomic mass is 10.1. The van der Waals surface area contributed by atoms with E-state index in [1.54, 1.807) is 32.4 Å². The summed E-state index contributed by atoms with van der Waals surface area (Å²) in [7, 11) is 3.16. The number of piperazine rings is 1. The molecule has 0 spiro atoms. The topological polar surface area (TPSA) is 71.6 Å². The first-order valence-corrected chi connectivity index (χ1v) is 6.63. The lowest BCUT2D eigenvalue weighted by molar-refractivity contribution is -0.118. The summed E-state index contributed by atoms with van der Waals surface area (Å²) in [6.07, 6.45) is 0. The fraction of sp³-hybridized carbons (Fsp3) is 0.500. The minimum Gasteiger partial charge on any atom is -0.497 e. The number of nitrogens with one attached hydrogen (secondary N) is 3. The summed E-state index contributed by atoms with van der Waals surface area (Å²) < 4.78 is 10.4. The van der Waals surface area contributed by atoms with Crippen LogP contribution in [0.5, 0.6) is 11.5 Å². The molecule has 1 saturated heterocycles. The second-order valence-electron chi connectivity index (χ2n) is 4.86. The van der Waals surface area contributed by atoms with Crippen molar-refractivity contribution < 1.29 is 14.3 Å². The molecular formula is C14H21N3O3. The minimum absolute atomic E-state index is 0.0697. The van der Waals surface area contributed by atoms with Crippen LogP contribution in [0.3, 0.4) is 0 Å². The monoisotopic (exact) mass is 279 g/mol. The molecule has 1 amide bonds. The van der Waals surface area contributed by atoms with Crippen LogP contribution in [0.2, 0.25) is 0 Å². The highest BCUT2D eigenvalue weighted by atomic mass is 16.5. The number of hydrogen-bond acceptors (Lipinski definition) is 5. The van der Waals surface area contributed by atoms with E-state index in [-0.39, 0.29) is 11.9 Å². The van der Waals surface area contributed by atoms with Crippen LogP contribution in [-0.2, 0) is 4.79 Å². The van der Waals surface area contributed by atoms with Gasteiger partial charge in [-0.1, -0.05) is 0 Å². The zero-order chi connectivity index (χ0) is 14.5. The number of rotatable bonds is 4. The van der Waals surface area contributed by atoms with Crippen LogP contribution in [0.4, 0.5) is 5.69 Å². The van der Waals surface area contributed by atoms with Crippen LogP contribution in [-0.4, -0.2) is 45.3 Å². The van der Waals surface area contributed by atoms with Crippen LogP contribution in [0, 0.1) is 0 Å². The largest absolute Gasteiger partial charge is 0.497 e. The van der Waals surface area contributed by atoms with Gasteiger partial charge < -0.3 is 25.4 Å². The number of anilines is 1. The Balaban J connectivity index is 2.03. The van der Waals surface area contributed by atoms with Gasteiger partial charge in [-0.3, -0.25) is 4.79 Å². The van der Waals surface area contributed by atoms with E-state index in [1.807, 2.05) is 0 Å². The average molecular weight is 279 g/mol. The number of methoxy groups -OCH3 is 2. The maximum Gasteiger partial charge on any atom is 0.242 e. The molecule has 2 atom stereocenters. The first kappa shape index (κ1) is 14.6. The molecule has 0 aliphatic carbocycles. The number of carbonyl (C=O) groups is 1. The smallest absolute Gasteiger partial charge is 0.242 e. The summed E-state index contributed by atoms with van der Waals surface area (Å²) in [4.78, 5) is 12.2. The molecule has 1 aliphatic heterocycles. The molecule has 0 radical (unpaired) electrons. The fourth-order valence-corrected chi connectivity index (χ4v) is 2.08. The summed E-state index contributed by atoms with van der Waals surface area (Å²) in [6, 6.07) is 5.44. The summed E-state index contributed by atoms with van der Waals surface area (Å²) >= 11 is 0. The third-order valence-corrected chi connectivity index (χ3v) is 3.28. The number of benzene rings is 1. The first-order chi connectivity index (χ1) is 9.62. The van der Waals surface area contributed by atoms with Crippen molar-refractivity contribution >= 4 is 11.6 Å². The third kappa shape index (κ3) is 3.61. The van der Waals surface area contributed by atoms with Gasteiger partial charge in [-0.25, -0.2) is 0 Å². The molecule has 0 aromatic heterocycles. The summed E-state index contributed by atoms with van der Waals surface area (Å²) in [5.74, 6) is 1.21. The molecule has 6 nitrogen and oxygen atoms in total. The number of hydrogen-bond donors (Lipinski definition) is 3. The molecule has 1 fully saturated rings. The minimum atomic E-state index is -0.233. The van der Waals surface area contributed by atoms with Crippen molar-refractivity contribution in [1.82, 2.24) is 10.6 Å². The number of carbonyl (C=O) groups excluding carboxylic acids is 1. The molecule has 6 heteroatoms. The highest BCUT2D eigenvalue weighted by Gasteiger charge is 2.23. The molecule has 110 valence electrons. The number of ether oxygens (including phenoxy) is 2. The van der Waals surface area contributed by atoms with E-state index in [0.29, 0.717) is 29.8 Å². The van der Waals surface area contributed by atoms with Crippen molar-refractivity contribution in [1.29, 1.82) is 0 Å². The van der Waals surface area contributed by atoms with Gasteiger partial charge in [0.25, 0.3) is 0 Å². The van der Waals surface area contributed by atoms with E-state index in [4.69, 9.17) is 9.47 Å². The fourth-order valence-electron chi connectivity index (χ4n) is 2.08. The van der Waals surface area contributed by atoms with Crippen LogP contribution >= 0.6 is 0 Å². The van der Waals surface area contributed by atoms with Gasteiger partial charge in [-0.2, -0.15) is 0 Å². The zero-order valence-corrected chi connectivity index (χ0v) is 12.0. The zero-order valence-electron chi connectivity index (χ0n) is 12.0. The van der Waals surface area contributed by atoms with Gasteiger partial charge in [0, 0.05) is 43.0 Å². The lowest BCUT2D eigenvalue weighted by Gasteiger charge is -2.28. The van der Waals surface area contributed by atoms with Crippen molar-refractivity contribution in [3.05, 3.63) is 18.2 Å². The Morgan fingerprint density at radius 2 is 1.80 bits per heavy atom. The predicted molar refractivity (Wildman–Crippen MR) is 77.4 cm³/mol. The average Bonchev–Trinajstić information content (AvgIpc) is 2.47. The van der Waals surface area contributed by atoms with Crippen molar-refractivity contribution in [2.75, 3.05) is 32.6 Å². The van der Waals surface area contributed by atoms with Crippen LogP contribution < -0.4 is 25.4 Å². The van der Waals surface area contributed by atoms with Gasteiger partial charge in [-0.05, 0) is 6.92 Å². The van der Waals surface area contributed by atoms with Gasteiger partial charge in [0.15, 0.2) is 0 Å². The van der Waals surface area contributed by atoms with Crippen molar-refractivity contribution in [2.24, 2.45) is 0 Å². The summed E-state index contributed by atoms with van der Waals surface area (Å²) in [5, 5.41) is 9.35. The van der Waals surface area contributed by atoms with Crippen molar-refractivity contribution in [2.45, 2.75) is 19.0 Å². The molecule has 20 heavy (non-hydrogen) atoms. The van der Waals surface area contributed by atoms with Gasteiger partial charge in [-0.15, -0.1) is 0 Å². The maximum atomic E-state index is 12.2. The second-order valence-corrected chi connectivity index (χ2v) is 4.86. The van der Waals surface area contributed by atoms with Gasteiger partial charge in [0.1, 0.15) is 11.5 Å². The summed E-state index contributed by atoms with van der Waals surface area (Å²) in [5.41, 5.74) is 0.659. The molecule has 0 bridgehead atoms. The number of amides is 1. The molecule has 2 unspecified atom stereocenters. The molecule has 1 aromatic carbocycles. The van der Waals surface area contributed by atoms with Gasteiger partial charge >= 0.3 is 0 Å².